The average Bonchev–Trinajstić information content (AvgIpc) is 2.76. The highest BCUT2D eigenvalue weighted by molar-refractivity contribution is 5.91. The van der Waals surface area contributed by atoms with Gasteiger partial charge in [0.2, 0.25) is 5.52 Å². The number of phenols is 1. The summed E-state index contributed by atoms with van der Waals surface area (Å²) in [5, 5.41) is 34.3. The quantitative estimate of drug-likeness (QED) is 0.536. The molecule has 0 bridgehead atoms. The molecule has 2 aromatic carbocycles. The summed E-state index contributed by atoms with van der Waals surface area (Å²) < 4.78 is 0. The summed E-state index contributed by atoms with van der Waals surface area (Å²) in [6.07, 6.45) is 0. The zero-order valence-corrected chi connectivity index (χ0v) is 10.1. The summed E-state index contributed by atoms with van der Waals surface area (Å²) in [7, 11) is 0. The van der Waals surface area contributed by atoms with Gasteiger partial charge < -0.3 is 15.4 Å². The molecule has 0 radical (unpaired) electrons. The van der Waals surface area contributed by atoms with E-state index in [-0.39, 0.29) is 22.3 Å². The number of rotatable bonds is 2. The highest BCUT2D eigenvalue weighted by atomic mass is 16.5. The van der Waals surface area contributed by atoms with E-state index < -0.39 is 5.97 Å². The molecular weight excluding hydrogens is 262 g/mol. The largest absolute Gasteiger partial charge is 0.692 e. The third-order valence-corrected chi connectivity index (χ3v) is 2.88. The fraction of sp³-hybridized carbons (Fsp3) is 0. The summed E-state index contributed by atoms with van der Waals surface area (Å²) in [5.74, 6) is -1.00. The van der Waals surface area contributed by atoms with Crippen molar-refractivity contribution in [2.45, 2.75) is 0 Å². The van der Waals surface area contributed by atoms with E-state index >= 15 is 0 Å². The van der Waals surface area contributed by atoms with Crippen LogP contribution in [-0.4, -0.2) is 26.1 Å². The van der Waals surface area contributed by atoms with Crippen molar-refractivity contribution >= 4 is 17.0 Å². The number of hydrogen-bond donors (Lipinski definition) is 2. The number of hydrogen-bond acceptors (Lipinski definition) is 4. The molecule has 2 N–H and O–H groups in total. The van der Waals surface area contributed by atoms with E-state index in [1.807, 2.05) is 0 Å². The molecular formula is C13H9N3O4. The van der Waals surface area contributed by atoms with Crippen LogP contribution < -0.4 is 4.85 Å². The number of aromatic hydroxyl groups is 1. The Morgan fingerprint density at radius 1 is 1.20 bits per heavy atom. The van der Waals surface area contributed by atoms with Crippen LogP contribution in [0.3, 0.4) is 0 Å². The molecule has 20 heavy (non-hydrogen) atoms. The lowest BCUT2D eigenvalue weighted by molar-refractivity contribution is -0.664. The number of carboxylic acid groups (broad SMARTS) is 1. The first-order valence-electron chi connectivity index (χ1n) is 5.71. The van der Waals surface area contributed by atoms with E-state index in [9.17, 15) is 15.1 Å². The van der Waals surface area contributed by atoms with Crippen LogP contribution in [0.1, 0.15) is 10.4 Å². The van der Waals surface area contributed by atoms with Gasteiger partial charge in [0.05, 0.1) is 10.7 Å². The Bertz CT molecular complexity index is 808. The normalized spacial score (nSPS) is 10.8. The zero-order chi connectivity index (χ0) is 14.3. The number of carbonyl (C=O) groups is 1. The molecule has 1 aromatic heterocycles. The Morgan fingerprint density at radius 2 is 1.90 bits per heavy atom. The molecule has 3 aromatic rings. The van der Waals surface area contributed by atoms with Crippen molar-refractivity contribution in [2.75, 3.05) is 0 Å². The molecule has 0 spiro atoms. The number of fused-ring (bicyclic) bond motifs is 1. The lowest BCUT2D eigenvalue weighted by Crippen LogP contribution is -2.37. The van der Waals surface area contributed by atoms with Crippen LogP contribution in [0.15, 0.2) is 42.5 Å². The van der Waals surface area contributed by atoms with Crippen LogP contribution >= 0.6 is 0 Å². The molecule has 7 heteroatoms. The molecule has 0 saturated carbocycles. The van der Waals surface area contributed by atoms with Crippen LogP contribution in [0.4, 0.5) is 0 Å². The van der Waals surface area contributed by atoms with Crippen molar-refractivity contribution in [3.05, 3.63) is 53.2 Å². The first-order chi connectivity index (χ1) is 9.56. The molecule has 0 unspecified atom stereocenters. The van der Waals surface area contributed by atoms with Gasteiger partial charge in [-0.25, -0.2) is 4.79 Å². The average molecular weight is 271 g/mol. The minimum atomic E-state index is -1.08. The van der Waals surface area contributed by atoms with Gasteiger partial charge in [0.25, 0.3) is 5.52 Å². The summed E-state index contributed by atoms with van der Waals surface area (Å²) in [4.78, 5) is 12.6. The van der Waals surface area contributed by atoms with E-state index in [0.717, 1.165) is 4.80 Å². The number of nitrogens with zero attached hydrogens (tertiary/aromatic N) is 3. The Hall–Kier alpha value is -3.09. The fourth-order valence-electron chi connectivity index (χ4n) is 1.89. The minimum absolute atomic E-state index is 0.0634. The molecule has 0 amide bonds. The third-order valence-electron chi connectivity index (χ3n) is 2.88. The third kappa shape index (κ3) is 1.81. The van der Waals surface area contributed by atoms with Gasteiger partial charge in [-0.3, -0.25) is 0 Å². The molecule has 100 valence electrons. The van der Waals surface area contributed by atoms with Gasteiger partial charge >= 0.3 is 5.97 Å². The van der Waals surface area contributed by atoms with Gasteiger partial charge in [-0.2, -0.15) is 0 Å². The first kappa shape index (κ1) is 12.0. The molecule has 1 heterocycles. The number of aromatic nitrogens is 3. The maximum absolute atomic E-state index is 12.1. The van der Waals surface area contributed by atoms with Crippen LogP contribution in [-0.2, 0) is 0 Å². The van der Waals surface area contributed by atoms with E-state index in [0.29, 0.717) is 10.5 Å². The molecule has 0 aliphatic rings. The second kappa shape index (κ2) is 4.23. The Labute approximate surface area is 112 Å². The van der Waals surface area contributed by atoms with Gasteiger partial charge in [-0.15, -0.1) is 4.85 Å². The minimum Gasteiger partial charge on any atom is -0.692 e. The molecule has 0 saturated heterocycles. The lowest BCUT2D eigenvalue weighted by Gasteiger charge is -2.03. The molecule has 3 rings (SSSR count). The highest BCUT2D eigenvalue weighted by Crippen LogP contribution is 2.15. The number of benzene rings is 2. The Kier molecular flexibility index (Phi) is 2.53. The second-order valence-corrected chi connectivity index (χ2v) is 4.19. The Morgan fingerprint density at radius 3 is 2.55 bits per heavy atom. The zero-order valence-electron chi connectivity index (χ0n) is 10.1. The van der Waals surface area contributed by atoms with Crippen molar-refractivity contribution in [1.29, 1.82) is 0 Å². The van der Waals surface area contributed by atoms with Gasteiger partial charge in [0.15, 0.2) is 0 Å². The number of phenolic OH excluding ortho intramolecular Hbond substituents is 1. The van der Waals surface area contributed by atoms with Crippen molar-refractivity contribution in [3.63, 3.8) is 0 Å². The SMILES string of the molecule is O=C(O)c1ccc2c(c1)nn(-c1ccc(O)cc1)[n+]2[O-]. The van der Waals surface area contributed by atoms with E-state index in [4.69, 9.17) is 5.11 Å². The van der Waals surface area contributed by atoms with Gasteiger partial charge in [-0.1, -0.05) is 0 Å². The van der Waals surface area contributed by atoms with Crippen LogP contribution in [0.25, 0.3) is 16.7 Å². The van der Waals surface area contributed by atoms with Crippen molar-refractivity contribution in [3.8, 4) is 11.4 Å². The summed E-state index contributed by atoms with van der Waals surface area (Å²) in [6, 6.07) is 10.0. The molecule has 0 aliphatic carbocycles. The van der Waals surface area contributed by atoms with Crippen LogP contribution in [0.5, 0.6) is 5.75 Å². The van der Waals surface area contributed by atoms with Crippen LogP contribution in [0, 0.1) is 5.21 Å². The molecule has 0 aliphatic heterocycles. The molecule has 7 nitrogen and oxygen atoms in total. The summed E-state index contributed by atoms with van der Waals surface area (Å²) >= 11 is 0. The number of aromatic carboxylic acids is 1. The van der Waals surface area contributed by atoms with E-state index in [1.165, 1.54) is 42.5 Å². The van der Waals surface area contributed by atoms with Crippen molar-refractivity contribution in [1.82, 2.24) is 9.90 Å². The summed E-state index contributed by atoms with van der Waals surface area (Å²) in [6.45, 7) is 0. The number of carboxylic acids is 1. The first-order valence-corrected chi connectivity index (χ1v) is 5.71. The maximum Gasteiger partial charge on any atom is 0.335 e. The summed E-state index contributed by atoms with van der Waals surface area (Å²) in [5.41, 5.74) is 1.08. The molecule has 0 atom stereocenters. The van der Waals surface area contributed by atoms with E-state index in [2.05, 4.69) is 5.10 Å². The van der Waals surface area contributed by atoms with Crippen molar-refractivity contribution < 1.29 is 19.9 Å². The van der Waals surface area contributed by atoms with Gasteiger partial charge in [0, 0.05) is 6.07 Å². The van der Waals surface area contributed by atoms with Gasteiger partial charge in [-0.05, 0) is 41.2 Å². The fourth-order valence-corrected chi connectivity index (χ4v) is 1.89. The molecule has 0 fully saturated rings. The highest BCUT2D eigenvalue weighted by Gasteiger charge is 2.17. The Balaban J connectivity index is 2.19. The smallest absolute Gasteiger partial charge is 0.335 e. The second-order valence-electron chi connectivity index (χ2n) is 4.19. The van der Waals surface area contributed by atoms with Crippen molar-refractivity contribution in [2.24, 2.45) is 0 Å². The topological polar surface area (TPSA) is 102 Å². The lowest BCUT2D eigenvalue weighted by atomic mass is 10.2. The maximum atomic E-state index is 12.1. The van der Waals surface area contributed by atoms with Gasteiger partial charge in [0.1, 0.15) is 11.4 Å². The van der Waals surface area contributed by atoms with E-state index in [1.54, 1.807) is 0 Å². The van der Waals surface area contributed by atoms with Crippen LogP contribution in [0.2, 0.25) is 0 Å². The predicted octanol–water partition coefficient (Wildman–Crippen LogP) is 1.06. The monoisotopic (exact) mass is 271 g/mol. The standard InChI is InChI=1S/C13H9N3O4/c17-10-4-2-9(3-5-10)15-14-11-7-8(13(18)19)1-6-12(11)16(15)20/h1-7,17H,(H,18,19). The predicted molar refractivity (Wildman–Crippen MR) is 68.7 cm³/mol.